The highest BCUT2D eigenvalue weighted by molar-refractivity contribution is 6.83. The second-order valence-corrected chi connectivity index (χ2v) is 8.32. The van der Waals surface area contributed by atoms with Gasteiger partial charge in [-0.15, -0.1) is 17.1 Å². The molecule has 0 heterocycles. The van der Waals surface area contributed by atoms with Crippen molar-refractivity contribution in [2.45, 2.75) is 19.6 Å². The van der Waals surface area contributed by atoms with Crippen LogP contribution in [0.4, 0.5) is 4.39 Å². The highest BCUT2D eigenvalue weighted by atomic mass is 35.5. The molecule has 0 fully saturated rings. The van der Waals surface area contributed by atoms with Crippen LogP contribution in [0.3, 0.4) is 0 Å². The molecule has 0 bridgehead atoms. The van der Waals surface area contributed by atoms with Crippen LogP contribution < -0.4 is 0 Å². The Bertz CT molecular complexity index is 298. The lowest BCUT2D eigenvalue weighted by atomic mass is 10.6. The molecule has 0 aromatic carbocycles. The standard InChI is InChI=1S/C8H9ClFNSi/c1-11-8(9)7(10)5-6-12(2,3)4/h2-4H3/b8-7+. The largest absolute Gasteiger partial charge is 0.295 e. The van der Waals surface area contributed by atoms with E-state index in [9.17, 15) is 4.39 Å². The SMILES string of the molecule is [C-]#[N+]/C(Cl)=C(/F)C#C[Si](C)(C)C. The lowest BCUT2D eigenvalue weighted by Crippen LogP contribution is -2.16. The summed E-state index contributed by atoms with van der Waals surface area (Å²) >= 11 is 5.21. The average Bonchev–Trinajstić information content (AvgIpc) is 1.97. The Morgan fingerprint density at radius 1 is 1.50 bits per heavy atom. The van der Waals surface area contributed by atoms with Crippen molar-refractivity contribution in [3.05, 3.63) is 22.4 Å². The highest BCUT2D eigenvalue weighted by Crippen LogP contribution is 2.11. The Balaban J connectivity index is 4.68. The molecule has 4 heteroatoms. The van der Waals surface area contributed by atoms with Crippen LogP contribution in [0.2, 0.25) is 19.6 Å². The maximum absolute atomic E-state index is 12.7. The smallest absolute Gasteiger partial charge is 0.221 e. The number of allylic oxidation sites excluding steroid dienone is 1. The van der Waals surface area contributed by atoms with E-state index in [-0.39, 0.29) is 0 Å². The van der Waals surface area contributed by atoms with Gasteiger partial charge in [-0.2, -0.15) is 0 Å². The molecule has 0 aromatic heterocycles. The average molecular weight is 202 g/mol. The molecule has 0 unspecified atom stereocenters. The predicted molar refractivity (Wildman–Crippen MR) is 51.7 cm³/mol. The summed E-state index contributed by atoms with van der Waals surface area (Å²) in [5, 5.41) is -0.485. The van der Waals surface area contributed by atoms with Crippen molar-refractivity contribution in [1.82, 2.24) is 0 Å². The van der Waals surface area contributed by atoms with Crippen molar-refractivity contribution in [2.24, 2.45) is 0 Å². The maximum atomic E-state index is 12.7. The van der Waals surface area contributed by atoms with Gasteiger partial charge in [-0.1, -0.05) is 25.6 Å². The van der Waals surface area contributed by atoms with Crippen molar-refractivity contribution in [2.75, 3.05) is 0 Å². The Kier molecular flexibility index (Phi) is 4.02. The van der Waals surface area contributed by atoms with Gasteiger partial charge in [0.05, 0.1) is 6.57 Å². The van der Waals surface area contributed by atoms with Crippen LogP contribution in [0, 0.1) is 18.0 Å². The second kappa shape index (κ2) is 4.30. The maximum Gasteiger partial charge on any atom is 0.295 e. The van der Waals surface area contributed by atoms with Gasteiger partial charge < -0.3 is 0 Å². The highest BCUT2D eigenvalue weighted by Gasteiger charge is 2.08. The molecule has 0 amide bonds. The normalized spacial score (nSPS) is 12.3. The minimum Gasteiger partial charge on any atom is -0.221 e. The molecule has 64 valence electrons. The molecule has 0 spiro atoms. The van der Waals surface area contributed by atoms with Gasteiger partial charge in [-0.3, -0.25) is 0 Å². The summed E-state index contributed by atoms with van der Waals surface area (Å²) in [6.07, 6.45) is 0. The van der Waals surface area contributed by atoms with Crippen LogP contribution in [0.5, 0.6) is 0 Å². The molecule has 12 heavy (non-hydrogen) atoms. The van der Waals surface area contributed by atoms with Crippen LogP contribution >= 0.6 is 11.6 Å². The van der Waals surface area contributed by atoms with Gasteiger partial charge >= 0.3 is 0 Å². The molecule has 0 radical (unpaired) electrons. The van der Waals surface area contributed by atoms with Crippen LogP contribution in [0.15, 0.2) is 11.0 Å². The van der Waals surface area contributed by atoms with E-state index in [0.29, 0.717) is 0 Å². The van der Waals surface area contributed by atoms with Crippen molar-refractivity contribution in [1.29, 1.82) is 0 Å². The third kappa shape index (κ3) is 4.95. The molecular formula is C8H9ClFNSi. The lowest BCUT2D eigenvalue weighted by molar-refractivity contribution is 0.673. The topological polar surface area (TPSA) is 4.36 Å². The first-order valence-electron chi connectivity index (χ1n) is 3.33. The van der Waals surface area contributed by atoms with Gasteiger partial charge in [0.1, 0.15) is 8.07 Å². The zero-order chi connectivity index (χ0) is 9.78. The molecular weight excluding hydrogens is 193 g/mol. The Hall–Kier alpha value is -0.773. The number of halogens is 2. The van der Waals surface area contributed by atoms with Gasteiger partial charge in [0.25, 0.3) is 5.16 Å². The van der Waals surface area contributed by atoms with Gasteiger partial charge in [-0.25, -0.2) is 9.24 Å². The molecule has 0 saturated carbocycles. The number of nitrogens with zero attached hydrogens (tertiary/aromatic N) is 1. The van der Waals surface area contributed by atoms with Crippen molar-refractivity contribution in [3.8, 4) is 11.5 Å². The fraction of sp³-hybridized carbons (Fsp3) is 0.375. The quantitative estimate of drug-likeness (QED) is 0.246. The van der Waals surface area contributed by atoms with Crippen LogP contribution in [-0.2, 0) is 0 Å². The van der Waals surface area contributed by atoms with Crippen LogP contribution in [0.25, 0.3) is 4.85 Å². The zero-order valence-electron chi connectivity index (χ0n) is 7.20. The van der Waals surface area contributed by atoms with E-state index in [1.807, 2.05) is 19.6 Å². The van der Waals surface area contributed by atoms with E-state index in [2.05, 4.69) is 16.3 Å². The first kappa shape index (κ1) is 11.2. The Labute approximate surface area is 78.1 Å². The van der Waals surface area contributed by atoms with Crippen molar-refractivity contribution < 1.29 is 4.39 Å². The van der Waals surface area contributed by atoms with E-state index < -0.39 is 19.1 Å². The van der Waals surface area contributed by atoms with E-state index in [1.54, 1.807) is 0 Å². The van der Waals surface area contributed by atoms with Crippen LogP contribution in [0.1, 0.15) is 0 Å². The number of rotatable bonds is 0. The van der Waals surface area contributed by atoms with E-state index in [0.717, 1.165) is 0 Å². The Morgan fingerprint density at radius 3 is 2.33 bits per heavy atom. The minimum atomic E-state index is -1.58. The van der Waals surface area contributed by atoms with E-state index in [1.165, 1.54) is 0 Å². The fourth-order valence-corrected chi connectivity index (χ4v) is 0.875. The molecule has 0 rings (SSSR count). The van der Waals surface area contributed by atoms with Gasteiger partial charge in [0.2, 0.25) is 0 Å². The summed E-state index contributed by atoms with van der Waals surface area (Å²) in [6.45, 7) is 12.4. The van der Waals surface area contributed by atoms with E-state index in [4.69, 9.17) is 18.2 Å². The fourth-order valence-electron chi connectivity index (χ4n) is 0.343. The monoisotopic (exact) mass is 201 g/mol. The summed E-state index contributed by atoms with van der Waals surface area (Å²) in [4.78, 5) is 2.72. The van der Waals surface area contributed by atoms with E-state index >= 15 is 0 Å². The summed E-state index contributed by atoms with van der Waals surface area (Å²) in [7, 11) is -1.58. The van der Waals surface area contributed by atoms with Crippen molar-refractivity contribution in [3.63, 3.8) is 0 Å². The van der Waals surface area contributed by atoms with Gasteiger partial charge in [0.15, 0.2) is 5.83 Å². The molecule has 0 aliphatic rings. The first-order chi connectivity index (χ1) is 5.37. The summed E-state index contributed by atoms with van der Waals surface area (Å²) in [6, 6.07) is 0. The van der Waals surface area contributed by atoms with Gasteiger partial charge in [0, 0.05) is 0 Å². The Morgan fingerprint density at radius 2 is 2.00 bits per heavy atom. The molecule has 1 nitrogen and oxygen atoms in total. The molecule has 0 aromatic rings. The van der Waals surface area contributed by atoms with Crippen LogP contribution in [-0.4, -0.2) is 8.07 Å². The second-order valence-electron chi connectivity index (χ2n) is 3.22. The molecule has 0 atom stereocenters. The van der Waals surface area contributed by atoms with Gasteiger partial charge in [-0.05, 0) is 0 Å². The summed E-state index contributed by atoms with van der Waals surface area (Å²) in [5.74, 6) is 1.43. The lowest BCUT2D eigenvalue weighted by Gasteiger charge is -2.02. The molecule has 0 N–H and O–H groups in total. The molecule has 0 saturated heterocycles. The first-order valence-corrected chi connectivity index (χ1v) is 7.20. The predicted octanol–water partition coefficient (Wildman–Crippen LogP) is 3.16. The summed E-state index contributed by atoms with van der Waals surface area (Å²) in [5.41, 5.74) is 2.77. The molecule has 0 aliphatic heterocycles. The zero-order valence-corrected chi connectivity index (χ0v) is 8.96. The summed E-state index contributed by atoms with van der Waals surface area (Å²) < 4.78 is 12.7. The third-order valence-electron chi connectivity index (χ3n) is 0.827. The molecule has 0 aliphatic carbocycles. The third-order valence-corrected chi connectivity index (χ3v) is 1.95. The minimum absolute atomic E-state index is 0.485. The number of hydrogen-bond acceptors (Lipinski definition) is 0. The van der Waals surface area contributed by atoms with Crippen molar-refractivity contribution >= 4 is 19.7 Å². The number of hydrogen-bond donors (Lipinski definition) is 0.